The molecule has 1 atom stereocenters. The van der Waals surface area contributed by atoms with Crippen molar-refractivity contribution in [2.75, 3.05) is 12.0 Å². The van der Waals surface area contributed by atoms with E-state index < -0.39 is 10.1 Å². The van der Waals surface area contributed by atoms with Gasteiger partial charge in [-0.05, 0) is 62.1 Å². The molecule has 1 aromatic carbocycles. The van der Waals surface area contributed by atoms with Crippen LogP contribution in [0.5, 0.6) is 0 Å². The molecule has 4 nitrogen and oxygen atoms in total. The quantitative estimate of drug-likeness (QED) is 0.353. The normalized spacial score (nSPS) is 16.3. The fourth-order valence-corrected chi connectivity index (χ4v) is 5.68. The number of unbranched alkanes of at least 4 members (excludes halogenated alkanes) is 2. The molecule has 0 saturated heterocycles. The summed E-state index contributed by atoms with van der Waals surface area (Å²) in [5, 5.41) is 0.865. The summed E-state index contributed by atoms with van der Waals surface area (Å²) in [4.78, 5) is 11.6. The summed E-state index contributed by atoms with van der Waals surface area (Å²) in [6.07, 6.45) is 13.6. The highest BCUT2D eigenvalue weighted by Gasteiger charge is 2.29. The molecule has 1 fully saturated rings. The topological polar surface area (TPSA) is 74.3 Å². The molecule has 1 aliphatic carbocycles. The van der Waals surface area contributed by atoms with Crippen molar-refractivity contribution in [3.05, 3.63) is 29.8 Å². The van der Waals surface area contributed by atoms with E-state index in [2.05, 4.69) is 13.2 Å². The zero-order valence-corrected chi connectivity index (χ0v) is 18.5. The highest BCUT2D eigenvalue weighted by molar-refractivity contribution is 7.97. The third kappa shape index (κ3) is 10.3. The van der Waals surface area contributed by atoms with Crippen molar-refractivity contribution in [3.63, 3.8) is 0 Å². The van der Waals surface area contributed by atoms with Crippen LogP contribution in [-0.2, 0) is 25.8 Å². The van der Waals surface area contributed by atoms with Crippen LogP contribution < -0.4 is 0 Å². The van der Waals surface area contributed by atoms with Gasteiger partial charge >= 0.3 is 0 Å². The highest BCUT2D eigenvalue weighted by Crippen LogP contribution is 2.24. The second kappa shape index (κ2) is 12.6. The Balaban J connectivity index is 0.000000289. The van der Waals surface area contributed by atoms with Gasteiger partial charge in [0.1, 0.15) is 15.4 Å². The molecule has 0 heterocycles. The van der Waals surface area contributed by atoms with Crippen LogP contribution in [0.1, 0.15) is 70.3 Å². The molecule has 1 saturated carbocycles. The maximum Gasteiger partial charge on any atom is 0.181 e. The summed E-state index contributed by atoms with van der Waals surface area (Å²) in [5.74, 6) is 1.39. The van der Waals surface area contributed by atoms with E-state index in [0.29, 0.717) is 16.7 Å². The fourth-order valence-electron chi connectivity index (χ4n) is 3.19. The molecule has 154 valence electrons. The Morgan fingerprint density at radius 2 is 1.70 bits per heavy atom. The SMILES string of the molecule is CCCCCC(=O)C[S+](C)C1CCCCC1.Cc1ccc(S(=O)(=O)[O-])cc1. The Morgan fingerprint density at radius 3 is 2.22 bits per heavy atom. The van der Waals surface area contributed by atoms with Gasteiger partial charge in [0.25, 0.3) is 0 Å². The first kappa shape index (κ1) is 24.2. The predicted octanol–water partition coefficient (Wildman–Crippen LogP) is 4.62. The first-order valence-corrected chi connectivity index (χ1v) is 13.2. The van der Waals surface area contributed by atoms with Crippen molar-refractivity contribution in [2.24, 2.45) is 0 Å². The van der Waals surface area contributed by atoms with Crippen molar-refractivity contribution in [3.8, 4) is 0 Å². The van der Waals surface area contributed by atoms with E-state index in [9.17, 15) is 17.8 Å². The zero-order valence-electron chi connectivity index (χ0n) is 16.9. The van der Waals surface area contributed by atoms with E-state index >= 15 is 0 Å². The summed E-state index contributed by atoms with van der Waals surface area (Å²) in [6.45, 7) is 4.01. The molecule has 27 heavy (non-hydrogen) atoms. The molecule has 0 bridgehead atoms. The average molecular weight is 415 g/mol. The van der Waals surface area contributed by atoms with Gasteiger partial charge in [0, 0.05) is 6.42 Å². The van der Waals surface area contributed by atoms with Gasteiger partial charge in [0.2, 0.25) is 0 Å². The molecular formula is C21H34O4S2. The summed E-state index contributed by atoms with van der Waals surface area (Å²) in [7, 11) is -3.91. The van der Waals surface area contributed by atoms with Crippen molar-refractivity contribution in [1.29, 1.82) is 0 Å². The van der Waals surface area contributed by atoms with Gasteiger partial charge in [-0.2, -0.15) is 0 Å². The molecule has 0 aliphatic heterocycles. The Morgan fingerprint density at radius 1 is 1.11 bits per heavy atom. The number of carbonyl (C=O) groups is 1. The second-order valence-electron chi connectivity index (χ2n) is 7.36. The Labute approximate surface area is 168 Å². The minimum Gasteiger partial charge on any atom is -0.744 e. The van der Waals surface area contributed by atoms with Crippen LogP contribution in [0.15, 0.2) is 29.2 Å². The smallest absolute Gasteiger partial charge is 0.181 e. The van der Waals surface area contributed by atoms with E-state index in [0.717, 1.165) is 29.4 Å². The third-order valence-corrected chi connectivity index (χ3v) is 8.12. The molecule has 0 aromatic heterocycles. The van der Waals surface area contributed by atoms with Crippen LogP contribution in [0, 0.1) is 6.92 Å². The number of carbonyl (C=O) groups excluding carboxylic acids is 1. The van der Waals surface area contributed by atoms with Gasteiger partial charge < -0.3 is 4.55 Å². The molecule has 1 unspecified atom stereocenters. The molecule has 0 spiro atoms. The van der Waals surface area contributed by atoms with Crippen LogP contribution >= 0.6 is 0 Å². The van der Waals surface area contributed by atoms with Gasteiger partial charge in [-0.3, -0.25) is 4.79 Å². The number of hydrogen-bond donors (Lipinski definition) is 0. The van der Waals surface area contributed by atoms with Crippen LogP contribution in [0.4, 0.5) is 0 Å². The molecule has 1 aromatic rings. The maximum absolute atomic E-state index is 11.8. The van der Waals surface area contributed by atoms with Crippen LogP contribution in [0.25, 0.3) is 0 Å². The van der Waals surface area contributed by atoms with Gasteiger partial charge in [0.15, 0.2) is 11.5 Å². The summed E-state index contributed by atoms with van der Waals surface area (Å²) >= 11 is 0. The average Bonchev–Trinajstić information content (AvgIpc) is 2.63. The van der Waals surface area contributed by atoms with E-state index in [1.54, 1.807) is 12.1 Å². The Bertz CT molecular complexity index is 647. The third-order valence-electron chi connectivity index (χ3n) is 4.88. The first-order chi connectivity index (χ1) is 12.7. The van der Waals surface area contributed by atoms with Gasteiger partial charge in [0.05, 0.1) is 11.2 Å². The van der Waals surface area contributed by atoms with Crippen LogP contribution in [-0.4, -0.2) is 36.0 Å². The monoisotopic (exact) mass is 414 g/mol. The van der Waals surface area contributed by atoms with Crippen molar-refractivity contribution >= 4 is 26.8 Å². The lowest BCUT2D eigenvalue weighted by atomic mass is 10.0. The molecular weight excluding hydrogens is 380 g/mol. The van der Waals surface area contributed by atoms with Crippen molar-refractivity contribution in [1.82, 2.24) is 0 Å². The van der Waals surface area contributed by atoms with E-state index in [1.165, 1.54) is 57.1 Å². The number of hydrogen-bond acceptors (Lipinski definition) is 4. The van der Waals surface area contributed by atoms with E-state index in [4.69, 9.17) is 0 Å². The van der Waals surface area contributed by atoms with E-state index in [-0.39, 0.29) is 4.90 Å². The zero-order chi connectivity index (χ0) is 20.3. The highest BCUT2D eigenvalue weighted by atomic mass is 32.2. The number of aryl methyl sites for hydroxylation is 1. The van der Waals surface area contributed by atoms with Crippen molar-refractivity contribution < 1.29 is 17.8 Å². The lowest BCUT2D eigenvalue weighted by Gasteiger charge is -2.20. The van der Waals surface area contributed by atoms with E-state index in [1.807, 2.05) is 6.92 Å². The minimum absolute atomic E-state index is 0.178. The van der Waals surface area contributed by atoms with Gasteiger partial charge in [-0.1, -0.05) is 43.9 Å². The minimum atomic E-state index is -4.27. The first-order valence-electron chi connectivity index (χ1n) is 9.89. The molecule has 1 aliphatic rings. The largest absolute Gasteiger partial charge is 0.744 e. The predicted molar refractivity (Wildman–Crippen MR) is 113 cm³/mol. The fraction of sp³-hybridized carbons (Fsp3) is 0.667. The second-order valence-corrected chi connectivity index (χ2v) is 11.1. The number of ketones is 1. The van der Waals surface area contributed by atoms with Gasteiger partial charge in [-0.25, -0.2) is 8.42 Å². The molecule has 6 heteroatoms. The maximum atomic E-state index is 11.8. The van der Waals surface area contributed by atoms with Crippen LogP contribution in [0.2, 0.25) is 0 Å². The lowest BCUT2D eigenvalue weighted by Crippen LogP contribution is -2.29. The van der Waals surface area contributed by atoms with Gasteiger partial charge in [-0.15, -0.1) is 0 Å². The standard InChI is InChI=1S/C14H27OS.C7H8O3S/c1-3-4-6-9-13(15)12-16(2)14-10-7-5-8-11-14;1-6-2-4-7(5-3-6)11(8,9)10/h14H,3-12H2,1-2H3;2-5H,1H3,(H,8,9,10)/q+1;/p-1. The number of benzene rings is 1. The molecule has 0 amide bonds. The summed E-state index contributed by atoms with van der Waals surface area (Å²) in [6, 6.07) is 5.78. The Hall–Kier alpha value is -0.850. The Kier molecular flexibility index (Phi) is 11.3. The molecule has 0 radical (unpaired) electrons. The number of Topliss-reactive ketones (excluding diaryl/α,β-unsaturated/α-hetero) is 1. The molecule has 2 rings (SSSR count). The van der Waals surface area contributed by atoms with Crippen LogP contribution in [0.3, 0.4) is 0 Å². The lowest BCUT2D eigenvalue weighted by molar-refractivity contribution is -0.116. The number of rotatable bonds is 8. The molecule has 0 N–H and O–H groups in total. The summed E-state index contributed by atoms with van der Waals surface area (Å²) in [5.41, 5.74) is 0.928. The van der Waals surface area contributed by atoms with Crippen molar-refractivity contribution in [2.45, 2.75) is 81.8 Å². The summed E-state index contributed by atoms with van der Waals surface area (Å²) < 4.78 is 31.2.